The van der Waals surface area contributed by atoms with Gasteiger partial charge in [0.2, 0.25) is 10.0 Å². The van der Waals surface area contributed by atoms with E-state index in [1.807, 2.05) is 6.92 Å². The van der Waals surface area contributed by atoms with Crippen molar-refractivity contribution in [3.63, 3.8) is 0 Å². The van der Waals surface area contributed by atoms with E-state index in [4.69, 9.17) is 0 Å². The molecular formula is C16H24BrNO2S. The molecule has 0 saturated carbocycles. The third-order valence-corrected chi connectivity index (χ3v) is 5.36. The molecular weight excluding hydrogens is 350 g/mol. The summed E-state index contributed by atoms with van der Waals surface area (Å²) >= 11 is 3.49. The lowest BCUT2D eigenvalue weighted by molar-refractivity contribution is 0.582. The molecule has 0 saturated heterocycles. The van der Waals surface area contributed by atoms with Crippen molar-refractivity contribution < 1.29 is 8.42 Å². The minimum Gasteiger partial charge on any atom is -0.211 e. The molecule has 1 aromatic carbocycles. The Morgan fingerprint density at radius 3 is 2.52 bits per heavy atom. The van der Waals surface area contributed by atoms with Crippen molar-refractivity contribution in [3.05, 3.63) is 40.4 Å². The first-order valence-corrected chi connectivity index (χ1v) is 9.64. The van der Waals surface area contributed by atoms with Crippen molar-refractivity contribution in [2.24, 2.45) is 0 Å². The van der Waals surface area contributed by atoms with Gasteiger partial charge in [-0.15, -0.1) is 0 Å². The lowest BCUT2D eigenvalue weighted by Gasteiger charge is -2.07. The monoisotopic (exact) mass is 373 g/mol. The summed E-state index contributed by atoms with van der Waals surface area (Å²) in [7, 11) is -3.40. The first-order valence-electron chi connectivity index (χ1n) is 7.36. The molecule has 0 bridgehead atoms. The second kappa shape index (κ2) is 9.38. The van der Waals surface area contributed by atoms with E-state index in [2.05, 4.69) is 33.7 Å². The van der Waals surface area contributed by atoms with Gasteiger partial charge >= 0.3 is 0 Å². The number of unbranched alkanes of at least 4 members (excludes halogenated alkanes) is 3. The zero-order valence-corrected chi connectivity index (χ0v) is 15.1. The number of allylic oxidation sites excluding steroid dienone is 1. The summed E-state index contributed by atoms with van der Waals surface area (Å²) in [6.45, 7) is 4.52. The van der Waals surface area contributed by atoms with E-state index >= 15 is 0 Å². The largest absolute Gasteiger partial charge is 0.240 e. The first kappa shape index (κ1) is 18.4. The van der Waals surface area contributed by atoms with Crippen LogP contribution in [0.1, 0.15) is 44.6 Å². The topological polar surface area (TPSA) is 46.2 Å². The lowest BCUT2D eigenvalue weighted by atomic mass is 10.2. The maximum Gasteiger partial charge on any atom is 0.240 e. The number of aryl methyl sites for hydroxylation is 1. The molecule has 5 heteroatoms. The van der Waals surface area contributed by atoms with Crippen LogP contribution in [-0.4, -0.2) is 15.0 Å². The Morgan fingerprint density at radius 2 is 1.90 bits per heavy atom. The molecule has 0 aliphatic rings. The fourth-order valence-electron chi connectivity index (χ4n) is 1.86. The van der Waals surface area contributed by atoms with E-state index in [0.29, 0.717) is 17.9 Å². The van der Waals surface area contributed by atoms with Gasteiger partial charge < -0.3 is 0 Å². The molecule has 0 amide bonds. The summed E-state index contributed by atoms with van der Waals surface area (Å²) in [6, 6.07) is 6.87. The number of rotatable bonds is 9. The summed E-state index contributed by atoms with van der Waals surface area (Å²) in [5.74, 6) is 0. The predicted molar refractivity (Wildman–Crippen MR) is 92.1 cm³/mol. The van der Waals surface area contributed by atoms with E-state index in [1.165, 1.54) is 19.3 Å². The maximum atomic E-state index is 12.1. The summed E-state index contributed by atoms with van der Waals surface area (Å²) in [5, 5.41) is 0. The molecule has 0 aliphatic carbocycles. The number of hydrogen-bond donors (Lipinski definition) is 1. The minimum absolute atomic E-state index is 0.316. The summed E-state index contributed by atoms with van der Waals surface area (Å²) in [4.78, 5) is 0.316. The van der Waals surface area contributed by atoms with Crippen molar-refractivity contribution in [1.82, 2.24) is 4.72 Å². The van der Waals surface area contributed by atoms with Gasteiger partial charge in [0.25, 0.3) is 0 Å². The lowest BCUT2D eigenvalue weighted by Crippen LogP contribution is -2.24. The Kier molecular flexibility index (Phi) is 8.22. The molecule has 0 atom stereocenters. The van der Waals surface area contributed by atoms with Crippen LogP contribution in [0.15, 0.2) is 39.7 Å². The molecule has 0 unspecified atom stereocenters. The van der Waals surface area contributed by atoms with E-state index in [-0.39, 0.29) is 0 Å². The molecule has 0 spiro atoms. The van der Waals surface area contributed by atoms with Crippen LogP contribution in [0.3, 0.4) is 0 Å². The van der Waals surface area contributed by atoms with Crippen LogP contribution < -0.4 is 4.72 Å². The maximum absolute atomic E-state index is 12.1. The Hall–Kier alpha value is -0.650. The van der Waals surface area contributed by atoms with Crippen LogP contribution in [0.4, 0.5) is 0 Å². The van der Waals surface area contributed by atoms with Gasteiger partial charge in [0.1, 0.15) is 0 Å². The molecule has 0 radical (unpaired) electrons. The Morgan fingerprint density at radius 1 is 1.24 bits per heavy atom. The molecule has 1 rings (SSSR count). The van der Waals surface area contributed by atoms with Crippen LogP contribution in [0.25, 0.3) is 0 Å². The van der Waals surface area contributed by atoms with Gasteiger partial charge in [-0.25, -0.2) is 13.1 Å². The van der Waals surface area contributed by atoms with Gasteiger partial charge in [-0.3, -0.25) is 0 Å². The third kappa shape index (κ3) is 7.25. The summed E-state index contributed by atoms with van der Waals surface area (Å²) in [5.41, 5.74) is 1.05. The van der Waals surface area contributed by atoms with Crippen LogP contribution in [-0.2, 0) is 10.0 Å². The smallest absolute Gasteiger partial charge is 0.211 e. The van der Waals surface area contributed by atoms with Crippen LogP contribution in [0, 0.1) is 6.92 Å². The van der Waals surface area contributed by atoms with E-state index in [9.17, 15) is 8.42 Å². The van der Waals surface area contributed by atoms with E-state index < -0.39 is 10.0 Å². The van der Waals surface area contributed by atoms with Crippen molar-refractivity contribution >= 4 is 26.0 Å². The molecule has 1 N–H and O–H groups in total. The number of halogens is 1. The molecule has 3 nitrogen and oxygen atoms in total. The second-order valence-electron chi connectivity index (χ2n) is 5.11. The second-order valence-corrected chi connectivity index (χ2v) is 7.89. The number of nitrogens with one attached hydrogen (secondary N) is 1. The molecule has 21 heavy (non-hydrogen) atoms. The van der Waals surface area contributed by atoms with Crippen molar-refractivity contribution in [2.75, 3.05) is 6.54 Å². The van der Waals surface area contributed by atoms with Crippen molar-refractivity contribution in [1.29, 1.82) is 0 Å². The molecule has 118 valence electrons. The highest BCUT2D eigenvalue weighted by molar-refractivity contribution is 9.11. The normalized spacial score (nSPS) is 12.6. The fourth-order valence-corrected chi connectivity index (χ4v) is 3.32. The average Bonchev–Trinajstić information content (AvgIpc) is 2.44. The highest BCUT2D eigenvalue weighted by Crippen LogP contribution is 2.14. The minimum atomic E-state index is -3.40. The van der Waals surface area contributed by atoms with Crippen molar-refractivity contribution in [3.8, 4) is 0 Å². The van der Waals surface area contributed by atoms with Gasteiger partial charge in [0.05, 0.1) is 4.90 Å². The third-order valence-electron chi connectivity index (χ3n) is 3.16. The summed E-state index contributed by atoms with van der Waals surface area (Å²) in [6.07, 6.45) is 7.48. The Bertz CT molecular complexity index is 550. The van der Waals surface area contributed by atoms with Crippen LogP contribution >= 0.6 is 15.9 Å². The SMILES string of the molecule is CCCCC/C=C(\Br)CCNS(=O)(=O)c1ccc(C)cc1. The van der Waals surface area contributed by atoms with Gasteiger partial charge in [0.15, 0.2) is 0 Å². The van der Waals surface area contributed by atoms with Crippen LogP contribution in [0.2, 0.25) is 0 Å². The molecule has 0 aromatic heterocycles. The molecule has 0 fully saturated rings. The Balaban J connectivity index is 2.42. The fraction of sp³-hybridized carbons (Fsp3) is 0.500. The number of sulfonamides is 1. The number of hydrogen-bond acceptors (Lipinski definition) is 2. The molecule has 1 aromatic rings. The standard InChI is InChI=1S/C16H24BrNO2S/c1-3-4-5-6-7-15(17)12-13-18-21(19,20)16-10-8-14(2)9-11-16/h7-11,18H,3-6,12-13H2,1-2H3/b15-7-. The number of benzene rings is 1. The highest BCUT2D eigenvalue weighted by Gasteiger charge is 2.12. The first-order chi connectivity index (χ1) is 9.95. The van der Waals surface area contributed by atoms with Gasteiger partial charge in [-0.1, -0.05) is 59.5 Å². The predicted octanol–water partition coefficient (Wildman–Crippen LogP) is 4.52. The van der Waals surface area contributed by atoms with Gasteiger partial charge in [-0.05, 0) is 42.8 Å². The quantitative estimate of drug-likeness (QED) is 0.646. The van der Waals surface area contributed by atoms with E-state index in [0.717, 1.165) is 16.5 Å². The average molecular weight is 374 g/mol. The van der Waals surface area contributed by atoms with Gasteiger partial charge in [-0.2, -0.15) is 0 Å². The molecule has 0 aliphatic heterocycles. The molecule has 0 heterocycles. The van der Waals surface area contributed by atoms with E-state index in [1.54, 1.807) is 24.3 Å². The zero-order chi connectivity index (χ0) is 15.7. The summed E-state index contributed by atoms with van der Waals surface area (Å²) < 4.78 is 27.8. The highest BCUT2D eigenvalue weighted by atomic mass is 79.9. The zero-order valence-electron chi connectivity index (χ0n) is 12.7. The van der Waals surface area contributed by atoms with Crippen LogP contribution in [0.5, 0.6) is 0 Å². The van der Waals surface area contributed by atoms with Crippen molar-refractivity contribution in [2.45, 2.75) is 50.8 Å². The Labute approximate surface area is 137 Å². The van der Waals surface area contributed by atoms with Gasteiger partial charge in [0, 0.05) is 6.54 Å².